The summed E-state index contributed by atoms with van der Waals surface area (Å²) in [5, 5.41) is 3.19. The molecule has 1 heterocycles. The van der Waals surface area contributed by atoms with Crippen molar-refractivity contribution in [3.05, 3.63) is 16.1 Å². The van der Waals surface area contributed by atoms with Gasteiger partial charge in [0.1, 0.15) is 5.01 Å². The van der Waals surface area contributed by atoms with E-state index < -0.39 is 0 Å². The summed E-state index contributed by atoms with van der Waals surface area (Å²) in [5.41, 5.74) is 7.09. The molecule has 0 radical (unpaired) electrons. The van der Waals surface area contributed by atoms with Crippen LogP contribution >= 0.6 is 11.3 Å². The van der Waals surface area contributed by atoms with E-state index in [4.69, 9.17) is 5.73 Å². The molecule has 0 aliphatic carbocycles. The van der Waals surface area contributed by atoms with Crippen molar-refractivity contribution >= 4 is 11.3 Å². The van der Waals surface area contributed by atoms with Gasteiger partial charge >= 0.3 is 0 Å². The van der Waals surface area contributed by atoms with Crippen molar-refractivity contribution < 1.29 is 0 Å². The van der Waals surface area contributed by atoms with Crippen LogP contribution in [0.4, 0.5) is 0 Å². The molecule has 1 rings (SSSR count). The van der Waals surface area contributed by atoms with Crippen molar-refractivity contribution in [2.75, 3.05) is 0 Å². The zero-order chi connectivity index (χ0) is 8.97. The van der Waals surface area contributed by atoms with Gasteiger partial charge in [0, 0.05) is 5.38 Å². The fourth-order valence-electron chi connectivity index (χ4n) is 1.09. The molecule has 0 saturated heterocycles. The first kappa shape index (κ1) is 9.68. The van der Waals surface area contributed by atoms with Crippen LogP contribution in [0.1, 0.15) is 43.4 Å². The van der Waals surface area contributed by atoms with Crippen molar-refractivity contribution in [3.63, 3.8) is 0 Å². The van der Waals surface area contributed by atoms with E-state index in [1.807, 2.05) is 0 Å². The highest BCUT2D eigenvalue weighted by Crippen LogP contribution is 2.20. The van der Waals surface area contributed by atoms with Crippen LogP contribution in [0.2, 0.25) is 0 Å². The lowest BCUT2D eigenvalue weighted by Crippen LogP contribution is -2.09. The minimum absolute atomic E-state index is 0.153. The second kappa shape index (κ2) is 4.58. The van der Waals surface area contributed by atoms with Crippen LogP contribution in [0, 0.1) is 0 Å². The summed E-state index contributed by atoms with van der Waals surface area (Å²) in [4.78, 5) is 4.44. The largest absolute Gasteiger partial charge is 0.322 e. The Bertz CT molecular complexity index is 232. The minimum atomic E-state index is 0.153. The number of aromatic nitrogens is 1. The summed E-state index contributed by atoms with van der Waals surface area (Å²) in [6.45, 7) is 4.26. The standard InChI is InChI=1S/C9H16N2S/c1-3-5-8(10)9-11-7(4-2)6-12-9/h6,8H,3-5,10H2,1-2H3. The van der Waals surface area contributed by atoms with Gasteiger partial charge in [-0.05, 0) is 12.8 Å². The van der Waals surface area contributed by atoms with Crippen LogP contribution in [-0.4, -0.2) is 4.98 Å². The van der Waals surface area contributed by atoms with Gasteiger partial charge in [-0.1, -0.05) is 20.3 Å². The molecule has 1 aromatic heterocycles. The van der Waals surface area contributed by atoms with E-state index in [0.717, 1.165) is 24.3 Å². The number of thiazole rings is 1. The number of rotatable bonds is 4. The van der Waals surface area contributed by atoms with Gasteiger partial charge in [0.05, 0.1) is 11.7 Å². The Labute approximate surface area is 77.8 Å². The van der Waals surface area contributed by atoms with E-state index in [1.165, 1.54) is 5.69 Å². The quantitative estimate of drug-likeness (QED) is 0.781. The minimum Gasteiger partial charge on any atom is -0.322 e. The molecular formula is C9H16N2S. The summed E-state index contributed by atoms with van der Waals surface area (Å²) < 4.78 is 0. The molecule has 0 fully saturated rings. The van der Waals surface area contributed by atoms with Crippen molar-refractivity contribution in [2.24, 2.45) is 5.73 Å². The van der Waals surface area contributed by atoms with Gasteiger partial charge in [0.25, 0.3) is 0 Å². The van der Waals surface area contributed by atoms with Crippen molar-refractivity contribution in [1.82, 2.24) is 4.98 Å². The molecule has 0 amide bonds. The number of aryl methyl sites for hydroxylation is 1. The Balaban J connectivity index is 2.61. The number of hydrogen-bond acceptors (Lipinski definition) is 3. The third-order valence-electron chi connectivity index (χ3n) is 1.85. The van der Waals surface area contributed by atoms with E-state index in [1.54, 1.807) is 11.3 Å². The normalized spacial score (nSPS) is 13.2. The molecule has 1 aromatic rings. The van der Waals surface area contributed by atoms with Gasteiger partial charge < -0.3 is 5.73 Å². The topological polar surface area (TPSA) is 38.9 Å². The third kappa shape index (κ3) is 2.29. The van der Waals surface area contributed by atoms with Crippen LogP contribution in [0.25, 0.3) is 0 Å². The van der Waals surface area contributed by atoms with Crippen LogP contribution in [0.15, 0.2) is 5.38 Å². The second-order valence-electron chi connectivity index (χ2n) is 2.93. The van der Waals surface area contributed by atoms with Crippen LogP contribution < -0.4 is 5.73 Å². The van der Waals surface area contributed by atoms with Gasteiger partial charge in [-0.2, -0.15) is 0 Å². The molecule has 1 unspecified atom stereocenters. The highest BCUT2D eigenvalue weighted by molar-refractivity contribution is 7.09. The molecule has 2 N–H and O–H groups in total. The van der Waals surface area contributed by atoms with Crippen LogP contribution in [0.3, 0.4) is 0 Å². The van der Waals surface area contributed by atoms with E-state index in [-0.39, 0.29) is 6.04 Å². The number of hydrogen-bond donors (Lipinski definition) is 1. The highest BCUT2D eigenvalue weighted by Gasteiger charge is 2.08. The maximum absolute atomic E-state index is 5.92. The van der Waals surface area contributed by atoms with Gasteiger partial charge in [-0.3, -0.25) is 0 Å². The lowest BCUT2D eigenvalue weighted by atomic mass is 10.2. The Kier molecular flexibility index (Phi) is 3.69. The molecule has 3 heteroatoms. The zero-order valence-electron chi connectivity index (χ0n) is 7.71. The maximum Gasteiger partial charge on any atom is 0.110 e. The molecule has 12 heavy (non-hydrogen) atoms. The predicted octanol–water partition coefficient (Wildman–Crippen LogP) is 2.51. The Morgan fingerprint density at radius 3 is 2.83 bits per heavy atom. The SMILES string of the molecule is CCCC(N)c1nc(CC)cs1. The predicted molar refractivity (Wildman–Crippen MR) is 53.3 cm³/mol. The van der Waals surface area contributed by atoms with Crippen molar-refractivity contribution in [1.29, 1.82) is 0 Å². The monoisotopic (exact) mass is 184 g/mol. The highest BCUT2D eigenvalue weighted by atomic mass is 32.1. The Morgan fingerprint density at radius 2 is 2.33 bits per heavy atom. The first-order valence-corrected chi connectivity index (χ1v) is 5.35. The molecule has 2 nitrogen and oxygen atoms in total. The lowest BCUT2D eigenvalue weighted by molar-refractivity contribution is 0.632. The zero-order valence-corrected chi connectivity index (χ0v) is 8.53. The Morgan fingerprint density at radius 1 is 1.58 bits per heavy atom. The fourth-order valence-corrected chi connectivity index (χ4v) is 2.03. The van der Waals surface area contributed by atoms with Gasteiger partial charge in [-0.25, -0.2) is 4.98 Å². The summed E-state index contributed by atoms with van der Waals surface area (Å²) >= 11 is 1.69. The summed E-state index contributed by atoms with van der Waals surface area (Å²) in [6, 6.07) is 0.153. The van der Waals surface area contributed by atoms with E-state index in [2.05, 4.69) is 24.2 Å². The second-order valence-corrected chi connectivity index (χ2v) is 3.82. The average molecular weight is 184 g/mol. The smallest absolute Gasteiger partial charge is 0.110 e. The summed E-state index contributed by atoms with van der Waals surface area (Å²) in [5.74, 6) is 0. The van der Waals surface area contributed by atoms with Gasteiger partial charge in [-0.15, -0.1) is 11.3 Å². The molecule has 0 saturated carbocycles. The third-order valence-corrected chi connectivity index (χ3v) is 2.87. The summed E-state index contributed by atoms with van der Waals surface area (Å²) in [6.07, 6.45) is 3.17. The molecule has 0 aliphatic heterocycles. The molecule has 68 valence electrons. The van der Waals surface area contributed by atoms with E-state index in [0.29, 0.717) is 0 Å². The lowest BCUT2D eigenvalue weighted by Gasteiger charge is -2.04. The first-order valence-electron chi connectivity index (χ1n) is 4.47. The number of nitrogens with two attached hydrogens (primary N) is 1. The van der Waals surface area contributed by atoms with Crippen LogP contribution in [0.5, 0.6) is 0 Å². The van der Waals surface area contributed by atoms with Gasteiger partial charge in [0.15, 0.2) is 0 Å². The molecule has 0 aromatic carbocycles. The molecule has 0 bridgehead atoms. The first-order chi connectivity index (χ1) is 5.77. The number of nitrogens with zero attached hydrogens (tertiary/aromatic N) is 1. The van der Waals surface area contributed by atoms with E-state index in [9.17, 15) is 0 Å². The molecular weight excluding hydrogens is 168 g/mol. The fraction of sp³-hybridized carbons (Fsp3) is 0.667. The molecule has 1 atom stereocenters. The van der Waals surface area contributed by atoms with Crippen molar-refractivity contribution in [2.45, 2.75) is 39.2 Å². The van der Waals surface area contributed by atoms with Gasteiger partial charge in [0.2, 0.25) is 0 Å². The molecule has 0 aliphatic rings. The Hall–Kier alpha value is -0.410. The van der Waals surface area contributed by atoms with Crippen molar-refractivity contribution in [3.8, 4) is 0 Å². The molecule has 0 spiro atoms. The maximum atomic E-state index is 5.92. The van der Waals surface area contributed by atoms with E-state index >= 15 is 0 Å². The van der Waals surface area contributed by atoms with Crippen LogP contribution in [-0.2, 0) is 6.42 Å². The summed E-state index contributed by atoms with van der Waals surface area (Å²) in [7, 11) is 0. The average Bonchev–Trinajstić information content (AvgIpc) is 2.52.